The van der Waals surface area contributed by atoms with E-state index in [4.69, 9.17) is 29.2 Å². The van der Waals surface area contributed by atoms with Gasteiger partial charge >= 0.3 is 5.97 Å². The Balaban J connectivity index is 0. The molecule has 0 bridgehead atoms. The van der Waals surface area contributed by atoms with E-state index >= 15 is 0 Å². The Labute approximate surface area is 170 Å². The van der Waals surface area contributed by atoms with E-state index in [0.717, 1.165) is 19.3 Å². The van der Waals surface area contributed by atoms with Crippen LogP contribution in [0.15, 0.2) is 0 Å². The lowest BCUT2D eigenvalue weighted by Gasteiger charge is -2.10. The molecule has 170 valence electrons. The first-order chi connectivity index (χ1) is 13.6. The third-order valence-electron chi connectivity index (χ3n) is 3.50. The Morgan fingerprint density at radius 1 is 0.750 bits per heavy atom. The monoisotopic (exact) mass is 410 g/mol. The fourth-order valence-corrected chi connectivity index (χ4v) is 2.06. The molecule has 8 heteroatoms. The average Bonchev–Trinajstić information content (AvgIpc) is 2.67. The van der Waals surface area contributed by atoms with Crippen LogP contribution in [0.1, 0.15) is 65.2 Å². The molecule has 0 amide bonds. The summed E-state index contributed by atoms with van der Waals surface area (Å²) in [7, 11) is 0. The summed E-state index contributed by atoms with van der Waals surface area (Å²) >= 11 is 0. The summed E-state index contributed by atoms with van der Waals surface area (Å²) in [6, 6.07) is 0. The molecule has 28 heavy (non-hydrogen) atoms. The highest BCUT2D eigenvalue weighted by Gasteiger charge is 2.09. The summed E-state index contributed by atoms with van der Waals surface area (Å²) in [6.45, 7) is 6.87. The van der Waals surface area contributed by atoms with Gasteiger partial charge in [0.25, 0.3) is 0 Å². The Hall–Kier alpha value is -0.770. The van der Waals surface area contributed by atoms with Gasteiger partial charge in [0, 0.05) is 12.8 Å². The van der Waals surface area contributed by atoms with Crippen LogP contribution < -0.4 is 0 Å². The molecule has 1 atom stereocenters. The molecule has 0 rings (SSSR count). The lowest BCUT2D eigenvalue weighted by atomic mass is 10.1. The number of unbranched alkanes of at least 4 members (excludes halogenated alkanes) is 4. The first kappa shape index (κ1) is 29.4. The van der Waals surface area contributed by atoms with Gasteiger partial charge in [0.15, 0.2) is 0 Å². The summed E-state index contributed by atoms with van der Waals surface area (Å²) in [5, 5.41) is 25.9. The number of ether oxygens (including phenoxy) is 4. The van der Waals surface area contributed by atoms with Gasteiger partial charge in [-0.1, -0.05) is 46.0 Å². The molecule has 0 aromatic heterocycles. The number of hydrogen-bond acceptors (Lipinski definition) is 8. The smallest absolute Gasteiger partial charge is 0.308 e. The zero-order valence-corrected chi connectivity index (χ0v) is 17.8. The maximum atomic E-state index is 11.2. The number of aliphatic hydroxyl groups excluding tert-OH is 3. The van der Waals surface area contributed by atoms with Gasteiger partial charge in [-0.25, -0.2) is 0 Å². The van der Waals surface area contributed by atoms with Crippen molar-refractivity contribution in [2.45, 2.75) is 71.5 Å². The van der Waals surface area contributed by atoms with Crippen LogP contribution in [0.2, 0.25) is 0 Å². The summed E-state index contributed by atoms with van der Waals surface area (Å²) in [6.07, 6.45) is 6.45. The molecule has 0 aromatic carbocycles. The standard InChI is InChI=1S/C12H24O3.C8H18O5/c1-3-5-6-7-8-10-12(14)15-11(13)9-4-2;9-1-3-11-5-7-13-8-6-12-4-2-10/h11,13H,3-10H2,1-2H3;9-10H,1-8H2. The van der Waals surface area contributed by atoms with Crippen molar-refractivity contribution in [2.75, 3.05) is 52.9 Å². The predicted octanol–water partition coefficient (Wildman–Crippen LogP) is 2.03. The van der Waals surface area contributed by atoms with Crippen LogP contribution in [0, 0.1) is 0 Å². The van der Waals surface area contributed by atoms with Gasteiger partial charge in [0.1, 0.15) is 0 Å². The fraction of sp³-hybridized carbons (Fsp3) is 0.950. The van der Waals surface area contributed by atoms with E-state index in [1.165, 1.54) is 19.3 Å². The molecule has 0 aliphatic rings. The average molecular weight is 411 g/mol. The second kappa shape index (κ2) is 26.2. The molecule has 0 fully saturated rings. The van der Waals surface area contributed by atoms with Crippen LogP contribution in [-0.2, 0) is 23.7 Å². The lowest BCUT2D eigenvalue weighted by molar-refractivity contribution is -0.168. The van der Waals surface area contributed by atoms with Crippen molar-refractivity contribution in [3.63, 3.8) is 0 Å². The minimum Gasteiger partial charge on any atom is -0.436 e. The summed E-state index contributed by atoms with van der Waals surface area (Å²) in [4.78, 5) is 11.2. The van der Waals surface area contributed by atoms with E-state index in [1.54, 1.807) is 0 Å². The zero-order valence-electron chi connectivity index (χ0n) is 17.8. The molecule has 3 N–H and O–H groups in total. The van der Waals surface area contributed by atoms with Gasteiger partial charge in [-0.2, -0.15) is 0 Å². The van der Waals surface area contributed by atoms with E-state index in [2.05, 4.69) is 6.92 Å². The maximum absolute atomic E-state index is 11.2. The van der Waals surface area contributed by atoms with Crippen LogP contribution in [0.25, 0.3) is 0 Å². The van der Waals surface area contributed by atoms with Gasteiger partial charge < -0.3 is 34.3 Å². The lowest BCUT2D eigenvalue weighted by Crippen LogP contribution is -2.16. The topological polar surface area (TPSA) is 115 Å². The van der Waals surface area contributed by atoms with Gasteiger partial charge in [-0.3, -0.25) is 4.79 Å². The number of carbonyl (C=O) groups excluding carboxylic acids is 1. The van der Waals surface area contributed by atoms with Crippen molar-refractivity contribution in [1.82, 2.24) is 0 Å². The van der Waals surface area contributed by atoms with E-state index in [9.17, 15) is 9.90 Å². The van der Waals surface area contributed by atoms with Gasteiger partial charge in [-0.05, 0) is 6.42 Å². The highest BCUT2D eigenvalue weighted by Crippen LogP contribution is 2.07. The summed E-state index contributed by atoms with van der Waals surface area (Å²) < 4.78 is 19.8. The molecule has 0 saturated carbocycles. The van der Waals surface area contributed by atoms with E-state index in [0.29, 0.717) is 52.5 Å². The van der Waals surface area contributed by atoms with Crippen molar-refractivity contribution >= 4 is 5.97 Å². The van der Waals surface area contributed by atoms with Crippen molar-refractivity contribution in [1.29, 1.82) is 0 Å². The van der Waals surface area contributed by atoms with E-state index < -0.39 is 6.29 Å². The van der Waals surface area contributed by atoms with Gasteiger partial charge in [0.2, 0.25) is 6.29 Å². The molecule has 0 heterocycles. The minimum absolute atomic E-state index is 0.0413. The third kappa shape index (κ3) is 27.4. The Bertz CT molecular complexity index is 292. The zero-order chi connectivity index (χ0) is 21.3. The first-order valence-corrected chi connectivity index (χ1v) is 10.4. The van der Waals surface area contributed by atoms with Crippen LogP contribution >= 0.6 is 0 Å². The number of esters is 1. The molecule has 0 aliphatic carbocycles. The van der Waals surface area contributed by atoms with E-state index in [1.807, 2.05) is 6.92 Å². The predicted molar refractivity (Wildman–Crippen MR) is 107 cm³/mol. The number of rotatable bonds is 19. The summed E-state index contributed by atoms with van der Waals surface area (Å²) in [5.41, 5.74) is 0. The van der Waals surface area contributed by atoms with Crippen LogP contribution in [0.4, 0.5) is 0 Å². The Kier molecular flexibility index (Phi) is 27.6. The molecule has 1 unspecified atom stereocenters. The van der Waals surface area contributed by atoms with Crippen molar-refractivity contribution in [3.8, 4) is 0 Å². The normalized spacial score (nSPS) is 11.6. The van der Waals surface area contributed by atoms with Gasteiger partial charge in [0.05, 0.1) is 52.9 Å². The molecular weight excluding hydrogens is 368 g/mol. The van der Waals surface area contributed by atoms with Crippen molar-refractivity contribution in [2.24, 2.45) is 0 Å². The second-order valence-electron chi connectivity index (χ2n) is 6.18. The van der Waals surface area contributed by atoms with Crippen LogP contribution in [0.3, 0.4) is 0 Å². The quantitative estimate of drug-likeness (QED) is 0.168. The fourth-order valence-electron chi connectivity index (χ4n) is 2.06. The van der Waals surface area contributed by atoms with Crippen LogP contribution in [-0.4, -0.2) is 80.4 Å². The molecule has 0 radical (unpaired) electrons. The van der Waals surface area contributed by atoms with E-state index in [-0.39, 0.29) is 19.2 Å². The van der Waals surface area contributed by atoms with Crippen molar-refractivity contribution < 1.29 is 39.1 Å². The largest absolute Gasteiger partial charge is 0.436 e. The van der Waals surface area contributed by atoms with Gasteiger partial charge in [-0.15, -0.1) is 0 Å². The number of carbonyl (C=O) groups is 1. The second-order valence-corrected chi connectivity index (χ2v) is 6.18. The minimum atomic E-state index is -0.904. The van der Waals surface area contributed by atoms with Crippen molar-refractivity contribution in [3.05, 3.63) is 0 Å². The molecule has 0 spiro atoms. The highest BCUT2D eigenvalue weighted by molar-refractivity contribution is 5.69. The molecule has 0 aromatic rings. The molecule has 0 aliphatic heterocycles. The Morgan fingerprint density at radius 2 is 1.25 bits per heavy atom. The molecule has 8 nitrogen and oxygen atoms in total. The summed E-state index contributed by atoms with van der Waals surface area (Å²) in [5.74, 6) is -0.271. The van der Waals surface area contributed by atoms with Crippen LogP contribution in [0.5, 0.6) is 0 Å². The Morgan fingerprint density at radius 3 is 1.71 bits per heavy atom. The maximum Gasteiger partial charge on any atom is 0.308 e. The SMILES string of the molecule is CCCCCCCC(=O)OC(O)CCC.OCCOCCOCCOCCO. The molecular formula is C20H42O8. The third-order valence-corrected chi connectivity index (χ3v) is 3.50. The highest BCUT2D eigenvalue weighted by atomic mass is 16.6. The molecule has 0 saturated heterocycles. The first-order valence-electron chi connectivity index (χ1n) is 10.4. The number of hydrogen-bond donors (Lipinski definition) is 3. The number of aliphatic hydroxyl groups is 3.